The van der Waals surface area contributed by atoms with Crippen molar-refractivity contribution >= 4 is 0 Å². The molecule has 0 radical (unpaired) electrons. The first-order valence-electron chi connectivity index (χ1n) is 6.68. The minimum absolute atomic E-state index is 0.548. The molecule has 0 nitrogen and oxygen atoms in total. The zero-order chi connectivity index (χ0) is 11.9. The lowest BCUT2D eigenvalue weighted by Gasteiger charge is -2.22. The van der Waals surface area contributed by atoms with Crippen molar-refractivity contribution in [3.8, 4) is 0 Å². The van der Waals surface area contributed by atoms with Crippen LogP contribution in [-0.2, 0) is 6.42 Å². The van der Waals surface area contributed by atoms with Gasteiger partial charge in [-0.05, 0) is 30.2 Å². The van der Waals surface area contributed by atoms with Crippen LogP contribution >= 0.6 is 0 Å². The molecule has 0 fully saturated rings. The topological polar surface area (TPSA) is 0 Å². The molecule has 1 aromatic rings. The number of benzene rings is 1. The molecule has 0 unspecified atom stereocenters. The van der Waals surface area contributed by atoms with Crippen LogP contribution in [0.4, 0.5) is 0 Å². The minimum atomic E-state index is 0.548. The number of hydrogen-bond donors (Lipinski definition) is 0. The maximum atomic E-state index is 2.38. The Morgan fingerprint density at radius 2 is 1.62 bits per heavy atom. The number of unbranched alkanes of at least 4 members (excludes halogenated alkanes) is 2. The van der Waals surface area contributed by atoms with E-state index in [9.17, 15) is 0 Å². The SMILES string of the molecule is CCC(C)(C)CCCCCc1ccccc1. The third-order valence-corrected chi connectivity index (χ3v) is 3.62. The molecule has 0 atom stereocenters. The van der Waals surface area contributed by atoms with Crippen LogP contribution in [0.5, 0.6) is 0 Å². The summed E-state index contributed by atoms with van der Waals surface area (Å²) in [6, 6.07) is 10.8. The van der Waals surface area contributed by atoms with E-state index in [1.807, 2.05) is 0 Å². The van der Waals surface area contributed by atoms with Gasteiger partial charge in [0.1, 0.15) is 0 Å². The summed E-state index contributed by atoms with van der Waals surface area (Å²) >= 11 is 0. The fourth-order valence-electron chi connectivity index (χ4n) is 1.93. The highest BCUT2D eigenvalue weighted by Crippen LogP contribution is 2.27. The average Bonchev–Trinajstić information content (AvgIpc) is 2.30. The Balaban J connectivity index is 2.09. The molecule has 0 saturated carbocycles. The Labute approximate surface area is 101 Å². The first-order chi connectivity index (χ1) is 7.64. The summed E-state index contributed by atoms with van der Waals surface area (Å²) < 4.78 is 0. The minimum Gasteiger partial charge on any atom is -0.0649 e. The Kier molecular flexibility index (Phi) is 5.59. The second-order valence-electron chi connectivity index (χ2n) is 5.56. The molecule has 0 heteroatoms. The highest BCUT2D eigenvalue weighted by molar-refractivity contribution is 5.14. The molecule has 16 heavy (non-hydrogen) atoms. The standard InChI is InChI=1S/C16H26/c1-4-16(2,3)14-10-6-9-13-15-11-7-5-8-12-15/h5,7-8,11-12H,4,6,9-10,13-14H2,1-3H3. The highest BCUT2D eigenvalue weighted by Gasteiger charge is 2.13. The monoisotopic (exact) mass is 218 g/mol. The molecule has 90 valence electrons. The van der Waals surface area contributed by atoms with E-state index < -0.39 is 0 Å². The van der Waals surface area contributed by atoms with E-state index in [2.05, 4.69) is 51.1 Å². The summed E-state index contributed by atoms with van der Waals surface area (Å²) in [6.45, 7) is 7.05. The quantitative estimate of drug-likeness (QED) is 0.550. The molecule has 0 aliphatic rings. The van der Waals surface area contributed by atoms with Gasteiger partial charge in [0.15, 0.2) is 0 Å². The van der Waals surface area contributed by atoms with Gasteiger partial charge in [-0.15, -0.1) is 0 Å². The third-order valence-electron chi connectivity index (χ3n) is 3.62. The van der Waals surface area contributed by atoms with E-state index in [1.54, 1.807) is 0 Å². The summed E-state index contributed by atoms with van der Waals surface area (Å²) in [7, 11) is 0. The smallest absolute Gasteiger partial charge is 0.0279 e. The van der Waals surface area contributed by atoms with Crippen molar-refractivity contribution in [2.75, 3.05) is 0 Å². The van der Waals surface area contributed by atoms with Crippen LogP contribution < -0.4 is 0 Å². The third kappa shape index (κ3) is 5.34. The van der Waals surface area contributed by atoms with E-state index in [-0.39, 0.29) is 0 Å². The zero-order valence-electron chi connectivity index (χ0n) is 11.1. The van der Waals surface area contributed by atoms with Crippen LogP contribution in [0.15, 0.2) is 30.3 Å². The van der Waals surface area contributed by atoms with E-state index in [4.69, 9.17) is 0 Å². The molecule has 0 aliphatic heterocycles. The van der Waals surface area contributed by atoms with E-state index in [0.717, 1.165) is 0 Å². The van der Waals surface area contributed by atoms with Gasteiger partial charge in [0.25, 0.3) is 0 Å². The summed E-state index contributed by atoms with van der Waals surface area (Å²) in [6.07, 6.45) is 8.01. The zero-order valence-corrected chi connectivity index (χ0v) is 11.1. The van der Waals surface area contributed by atoms with E-state index >= 15 is 0 Å². The summed E-state index contributed by atoms with van der Waals surface area (Å²) in [5, 5.41) is 0. The lowest BCUT2D eigenvalue weighted by atomic mass is 9.84. The average molecular weight is 218 g/mol. The van der Waals surface area contributed by atoms with Gasteiger partial charge in [0, 0.05) is 0 Å². The maximum absolute atomic E-state index is 2.38. The van der Waals surface area contributed by atoms with Crippen molar-refractivity contribution in [1.82, 2.24) is 0 Å². The lowest BCUT2D eigenvalue weighted by Crippen LogP contribution is -2.08. The molecule has 0 aromatic heterocycles. The molecule has 0 bridgehead atoms. The highest BCUT2D eigenvalue weighted by atomic mass is 14.2. The van der Waals surface area contributed by atoms with Crippen molar-refractivity contribution in [3.05, 3.63) is 35.9 Å². The maximum Gasteiger partial charge on any atom is -0.0279 e. The van der Waals surface area contributed by atoms with Crippen molar-refractivity contribution in [1.29, 1.82) is 0 Å². The predicted octanol–water partition coefficient (Wildman–Crippen LogP) is 5.23. The largest absolute Gasteiger partial charge is 0.0649 e. The Bertz CT molecular complexity index is 271. The van der Waals surface area contributed by atoms with Gasteiger partial charge in [0.2, 0.25) is 0 Å². The van der Waals surface area contributed by atoms with Gasteiger partial charge in [-0.25, -0.2) is 0 Å². The van der Waals surface area contributed by atoms with Crippen molar-refractivity contribution in [3.63, 3.8) is 0 Å². The van der Waals surface area contributed by atoms with Crippen molar-refractivity contribution in [2.45, 2.75) is 59.3 Å². The van der Waals surface area contributed by atoms with Gasteiger partial charge in [-0.1, -0.05) is 70.4 Å². The van der Waals surface area contributed by atoms with Crippen LogP contribution in [0, 0.1) is 5.41 Å². The molecule has 0 heterocycles. The molecule has 1 aromatic carbocycles. The van der Waals surface area contributed by atoms with Gasteiger partial charge >= 0.3 is 0 Å². The lowest BCUT2D eigenvalue weighted by molar-refractivity contribution is 0.308. The second-order valence-corrected chi connectivity index (χ2v) is 5.56. The Morgan fingerprint density at radius 3 is 2.25 bits per heavy atom. The Morgan fingerprint density at radius 1 is 0.938 bits per heavy atom. The van der Waals surface area contributed by atoms with Crippen molar-refractivity contribution in [2.24, 2.45) is 5.41 Å². The Hall–Kier alpha value is -0.780. The van der Waals surface area contributed by atoms with Crippen LogP contribution in [0.25, 0.3) is 0 Å². The molecule has 0 amide bonds. The van der Waals surface area contributed by atoms with Gasteiger partial charge in [-0.2, -0.15) is 0 Å². The number of aryl methyl sites for hydroxylation is 1. The van der Waals surface area contributed by atoms with Gasteiger partial charge in [0.05, 0.1) is 0 Å². The first-order valence-corrected chi connectivity index (χ1v) is 6.68. The molecule has 0 saturated heterocycles. The number of hydrogen-bond acceptors (Lipinski definition) is 0. The summed E-state index contributed by atoms with van der Waals surface area (Å²) in [5.74, 6) is 0. The van der Waals surface area contributed by atoms with Gasteiger partial charge in [-0.3, -0.25) is 0 Å². The summed E-state index contributed by atoms with van der Waals surface area (Å²) in [4.78, 5) is 0. The molecule has 1 rings (SSSR count). The van der Waals surface area contributed by atoms with Crippen LogP contribution in [0.1, 0.15) is 58.4 Å². The summed E-state index contributed by atoms with van der Waals surface area (Å²) in [5.41, 5.74) is 2.03. The molecular weight excluding hydrogens is 192 g/mol. The molecule has 0 spiro atoms. The fraction of sp³-hybridized carbons (Fsp3) is 0.625. The van der Waals surface area contributed by atoms with Gasteiger partial charge < -0.3 is 0 Å². The number of rotatable bonds is 7. The second kappa shape index (κ2) is 6.73. The normalized spacial score (nSPS) is 11.7. The molecule has 0 N–H and O–H groups in total. The predicted molar refractivity (Wildman–Crippen MR) is 72.7 cm³/mol. The van der Waals surface area contributed by atoms with Crippen LogP contribution in [0.3, 0.4) is 0 Å². The van der Waals surface area contributed by atoms with Crippen molar-refractivity contribution < 1.29 is 0 Å². The fourth-order valence-corrected chi connectivity index (χ4v) is 1.93. The van der Waals surface area contributed by atoms with E-state index in [0.29, 0.717) is 5.41 Å². The van der Waals surface area contributed by atoms with E-state index in [1.165, 1.54) is 44.1 Å². The first kappa shape index (κ1) is 13.3. The van der Waals surface area contributed by atoms with Crippen LogP contribution in [-0.4, -0.2) is 0 Å². The molecule has 0 aliphatic carbocycles. The van der Waals surface area contributed by atoms with Crippen LogP contribution in [0.2, 0.25) is 0 Å². The molecular formula is C16H26.